The Morgan fingerprint density at radius 1 is 1.29 bits per heavy atom. The molecule has 0 bridgehead atoms. The van der Waals surface area contributed by atoms with Crippen LogP contribution in [-0.2, 0) is 6.42 Å². The summed E-state index contributed by atoms with van der Waals surface area (Å²) in [6.45, 7) is 2.08. The van der Waals surface area contributed by atoms with Crippen LogP contribution in [0, 0.1) is 0 Å². The van der Waals surface area contributed by atoms with E-state index < -0.39 is 0 Å². The number of aromatic nitrogens is 4. The zero-order valence-electron chi connectivity index (χ0n) is 9.49. The van der Waals surface area contributed by atoms with Crippen molar-refractivity contribution in [2.75, 3.05) is 5.73 Å². The highest BCUT2D eigenvalue weighted by Gasteiger charge is 2.05. The molecule has 0 amide bonds. The second-order valence-corrected chi connectivity index (χ2v) is 3.98. The monoisotopic (exact) mass is 227 g/mol. The summed E-state index contributed by atoms with van der Waals surface area (Å²) in [5.41, 5.74) is 9.57. The summed E-state index contributed by atoms with van der Waals surface area (Å²) in [4.78, 5) is 7.75. The first-order chi connectivity index (χ1) is 8.26. The Bertz CT molecular complexity index is 664. The number of nitrogens with two attached hydrogens (primary N) is 1. The van der Waals surface area contributed by atoms with E-state index in [2.05, 4.69) is 33.2 Å². The van der Waals surface area contributed by atoms with Crippen LogP contribution in [0.2, 0.25) is 0 Å². The molecule has 17 heavy (non-hydrogen) atoms. The Balaban J connectivity index is 2.12. The van der Waals surface area contributed by atoms with Crippen LogP contribution in [0.25, 0.3) is 22.3 Å². The number of nitrogens with one attached hydrogen (secondary N) is 2. The van der Waals surface area contributed by atoms with Crippen molar-refractivity contribution in [3.63, 3.8) is 0 Å². The maximum Gasteiger partial charge on any atom is 0.145 e. The number of hydrogen-bond donors (Lipinski definition) is 3. The Kier molecular flexibility index (Phi) is 2.11. The van der Waals surface area contributed by atoms with E-state index in [0.29, 0.717) is 5.82 Å². The van der Waals surface area contributed by atoms with Gasteiger partial charge in [-0.15, -0.1) is 0 Å². The van der Waals surface area contributed by atoms with Crippen molar-refractivity contribution in [1.29, 1.82) is 0 Å². The van der Waals surface area contributed by atoms with Gasteiger partial charge < -0.3 is 10.7 Å². The number of aryl methyl sites for hydroxylation is 1. The number of aromatic amines is 2. The Morgan fingerprint density at radius 2 is 2.18 bits per heavy atom. The molecule has 0 aliphatic rings. The van der Waals surface area contributed by atoms with E-state index in [1.54, 1.807) is 0 Å². The molecule has 0 saturated carbocycles. The average molecular weight is 227 g/mol. The third kappa shape index (κ3) is 1.65. The summed E-state index contributed by atoms with van der Waals surface area (Å²) < 4.78 is 0. The van der Waals surface area contributed by atoms with E-state index in [1.165, 1.54) is 0 Å². The van der Waals surface area contributed by atoms with Crippen molar-refractivity contribution >= 4 is 16.9 Å². The molecule has 0 aliphatic carbocycles. The first kappa shape index (κ1) is 9.89. The van der Waals surface area contributed by atoms with Gasteiger partial charge in [0.2, 0.25) is 0 Å². The van der Waals surface area contributed by atoms with Crippen molar-refractivity contribution in [3.8, 4) is 11.3 Å². The molecule has 3 rings (SSSR count). The average Bonchev–Trinajstić information content (AvgIpc) is 2.93. The van der Waals surface area contributed by atoms with Crippen molar-refractivity contribution in [2.45, 2.75) is 13.3 Å². The van der Waals surface area contributed by atoms with E-state index in [-0.39, 0.29) is 0 Å². The molecule has 0 atom stereocenters. The van der Waals surface area contributed by atoms with Gasteiger partial charge in [0.15, 0.2) is 0 Å². The highest BCUT2D eigenvalue weighted by atomic mass is 15.2. The minimum absolute atomic E-state index is 0.499. The molecule has 1 aromatic carbocycles. The Hall–Kier alpha value is -2.30. The molecular formula is C12H13N5. The highest BCUT2D eigenvalue weighted by molar-refractivity contribution is 5.81. The Labute approximate surface area is 98.1 Å². The van der Waals surface area contributed by atoms with Crippen LogP contribution in [0.5, 0.6) is 0 Å². The van der Waals surface area contributed by atoms with Crippen LogP contribution in [-0.4, -0.2) is 20.2 Å². The highest BCUT2D eigenvalue weighted by Crippen LogP contribution is 2.22. The van der Waals surface area contributed by atoms with Crippen molar-refractivity contribution < 1.29 is 0 Å². The summed E-state index contributed by atoms with van der Waals surface area (Å²) in [7, 11) is 0. The van der Waals surface area contributed by atoms with Gasteiger partial charge in [-0.1, -0.05) is 13.0 Å². The second-order valence-electron chi connectivity index (χ2n) is 3.98. The number of imidazole rings is 1. The molecule has 3 aromatic rings. The zero-order valence-corrected chi connectivity index (χ0v) is 9.49. The number of anilines is 1. The van der Waals surface area contributed by atoms with Crippen molar-refractivity contribution in [2.24, 2.45) is 0 Å². The number of fused-ring (bicyclic) bond motifs is 1. The van der Waals surface area contributed by atoms with Crippen molar-refractivity contribution in [3.05, 3.63) is 30.1 Å². The number of nitrogen functional groups attached to an aromatic ring is 1. The number of rotatable bonds is 2. The van der Waals surface area contributed by atoms with Crippen LogP contribution >= 0.6 is 0 Å². The maximum absolute atomic E-state index is 5.59. The van der Waals surface area contributed by atoms with Crippen LogP contribution in [0.3, 0.4) is 0 Å². The SMILES string of the molecule is CCc1nc2ccc(-c3cc(N)n[nH]3)cc2[nH]1. The molecule has 0 radical (unpaired) electrons. The third-order valence-electron chi connectivity index (χ3n) is 2.77. The summed E-state index contributed by atoms with van der Waals surface area (Å²) >= 11 is 0. The number of benzene rings is 1. The number of nitrogens with zero attached hydrogens (tertiary/aromatic N) is 2. The van der Waals surface area contributed by atoms with E-state index in [1.807, 2.05) is 18.2 Å². The first-order valence-electron chi connectivity index (χ1n) is 5.56. The molecule has 2 heterocycles. The van der Waals surface area contributed by atoms with Gasteiger partial charge in [-0.25, -0.2) is 4.98 Å². The normalized spacial score (nSPS) is 11.1. The predicted molar refractivity (Wildman–Crippen MR) is 67.5 cm³/mol. The molecule has 5 nitrogen and oxygen atoms in total. The van der Waals surface area contributed by atoms with Crippen molar-refractivity contribution in [1.82, 2.24) is 20.2 Å². The predicted octanol–water partition coefficient (Wildman–Crippen LogP) is 2.10. The zero-order chi connectivity index (χ0) is 11.8. The smallest absolute Gasteiger partial charge is 0.145 e. The largest absolute Gasteiger partial charge is 0.382 e. The standard InChI is InChI=1S/C12H13N5/c1-2-12-14-8-4-3-7(5-10(8)15-12)9-6-11(13)17-16-9/h3-6H,2H2,1H3,(H,14,15)(H3,13,16,17). The minimum atomic E-state index is 0.499. The van der Waals surface area contributed by atoms with Gasteiger partial charge in [-0.2, -0.15) is 5.10 Å². The lowest BCUT2D eigenvalue weighted by Crippen LogP contribution is -1.81. The van der Waals surface area contributed by atoms with Gasteiger partial charge >= 0.3 is 0 Å². The van der Waals surface area contributed by atoms with Crippen LogP contribution in [0.4, 0.5) is 5.82 Å². The third-order valence-corrected chi connectivity index (χ3v) is 2.77. The molecule has 86 valence electrons. The molecule has 0 unspecified atom stereocenters. The fourth-order valence-corrected chi connectivity index (χ4v) is 1.88. The lowest BCUT2D eigenvalue weighted by atomic mass is 10.1. The van der Waals surface area contributed by atoms with E-state index in [0.717, 1.165) is 34.5 Å². The van der Waals surface area contributed by atoms with E-state index >= 15 is 0 Å². The Morgan fingerprint density at radius 3 is 2.88 bits per heavy atom. The molecule has 0 fully saturated rings. The van der Waals surface area contributed by atoms with Gasteiger partial charge in [-0.3, -0.25) is 5.10 Å². The minimum Gasteiger partial charge on any atom is -0.382 e. The fourth-order valence-electron chi connectivity index (χ4n) is 1.88. The van der Waals surface area contributed by atoms with E-state index in [4.69, 9.17) is 5.73 Å². The molecule has 4 N–H and O–H groups in total. The van der Waals surface area contributed by atoms with Gasteiger partial charge in [0.1, 0.15) is 11.6 Å². The van der Waals surface area contributed by atoms with E-state index in [9.17, 15) is 0 Å². The summed E-state index contributed by atoms with van der Waals surface area (Å²) in [6, 6.07) is 7.87. The van der Waals surface area contributed by atoms with Gasteiger partial charge in [0.05, 0.1) is 16.7 Å². The fraction of sp³-hybridized carbons (Fsp3) is 0.167. The molecule has 0 aliphatic heterocycles. The summed E-state index contributed by atoms with van der Waals surface area (Å²) in [5, 5.41) is 6.82. The van der Waals surface area contributed by atoms with Gasteiger partial charge in [0, 0.05) is 18.1 Å². The summed E-state index contributed by atoms with van der Waals surface area (Å²) in [5.74, 6) is 1.50. The van der Waals surface area contributed by atoms with Crippen LogP contribution < -0.4 is 5.73 Å². The number of hydrogen-bond acceptors (Lipinski definition) is 3. The topological polar surface area (TPSA) is 83.4 Å². The molecular weight excluding hydrogens is 214 g/mol. The quantitative estimate of drug-likeness (QED) is 0.626. The van der Waals surface area contributed by atoms with Gasteiger partial charge in [-0.05, 0) is 12.1 Å². The molecule has 0 saturated heterocycles. The lowest BCUT2D eigenvalue weighted by Gasteiger charge is -1.96. The number of H-pyrrole nitrogens is 2. The lowest BCUT2D eigenvalue weighted by molar-refractivity contribution is 1.00. The second kappa shape index (κ2) is 3.62. The van der Waals surface area contributed by atoms with Crippen LogP contribution in [0.15, 0.2) is 24.3 Å². The van der Waals surface area contributed by atoms with Gasteiger partial charge in [0.25, 0.3) is 0 Å². The molecule has 2 aromatic heterocycles. The maximum atomic E-state index is 5.59. The first-order valence-corrected chi connectivity index (χ1v) is 5.56. The molecule has 0 spiro atoms. The molecule has 5 heteroatoms. The van der Waals surface area contributed by atoms with Crippen LogP contribution in [0.1, 0.15) is 12.7 Å². The summed E-state index contributed by atoms with van der Waals surface area (Å²) in [6.07, 6.45) is 0.904.